The zero-order chi connectivity index (χ0) is 16.1. The number of ether oxygens (including phenoxy) is 1. The third-order valence-corrected chi connectivity index (χ3v) is 3.14. The van der Waals surface area contributed by atoms with Gasteiger partial charge in [0, 0.05) is 31.9 Å². The van der Waals surface area contributed by atoms with Crippen LogP contribution in [0.15, 0.2) is 48.5 Å². The lowest BCUT2D eigenvalue weighted by molar-refractivity contribution is -0.384. The molecule has 0 saturated carbocycles. The molecule has 0 amide bonds. The van der Waals surface area contributed by atoms with Crippen LogP contribution >= 0.6 is 0 Å². The molecule has 0 spiro atoms. The minimum absolute atomic E-state index is 0.00866. The van der Waals surface area contributed by atoms with Crippen LogP contribution in [0, 0.1) is 10.1 Å². The van der Waals surface area contributed by atoms with Gasteiger partial charge in [-0.15, -0.1) is 0 Å². The summed E-state index contributed by atoms with van der Waals surface area (Å²) in [6, 6.07) is 13.0. The van der Waals surface area contributed by atoms with Gasteiger partial charge in [-0.2, -0.15) is 0 Å². The highest BCUT2D eigenvalue weighted by molar-refractivity contribution is 5.89. The van der Waals surface area contributed by atoms with Crippen LogP contribution in [0.4, 0.5) is 11.4 Å². The maximum absolute atomic E-state index is 11.9. The number of nitrogens with zero attached hydrogens (tertiary/aromatic N) is 2. The van der Waals surface area contributed by atoms with Crippen LogP contribution in [-0.2, 0) is 11.3 Å². The molecule has 0 atom stereocenters. The van der Waals surface area contributed by atoms with Crippen LogP contribution in [0.2, 0.25) is 0 Å². The van der Waals surface area contributed by atoms with Gasteiger partial charge in [0.2, 0.25) is 0 Å². The summed E-state index contributed by atoms with van der Waals surface area (Å²) in [5.41, 5.74) is 2.16. The highest BCUT2D eigenvalue weighted by Crippen LogP contribution is 2.15. The molecule has 0 aliphatic rings. The van der Waals surface area contributed by atoms with Gasteiger partial charge in [-0.05, 0) is 42.0 Å². The quantitative estimate of drug-likeness (QED) is 0.482. The van der Waals surface area contributed by atoms with Crippen molar-refractivity contribution in [1.29, 1.82) is 0 Å². The number of carbonyl (C=O) groups is 1. The Balaban J connectivity index is 1.96. The number of esters is 1. The summed E-state index contributed by atoms with van der Waals surface area (Å²) in [5, 5.41) is 10.6. The SMILES string of the molecule is CN(C)c1ccc(C(=O)OCc2ccc([N+](=O)[O-])cc2)cc1. The van der Waals surface area contributed by atoms with Crippen molar-refractivity contribution in [2.24, 2.45) is 0 Å². The van der Waals surface area contributed by atoms with E-state index in [9.17, 15) is 14.9 Å². The number of hydrogen-bond acceptors (Lipinski definition) is 5. The summed E-state index contributed by atoms with van der Waals surface area (Å²) in [7, 11) is 3.84. The van der Waals surface area contributed by atoms with Crippen LogP contribution in [-0.4, -0.2) is 25.0 Å². The Morgan fingerprint density at radius 1 is 1.09 bits per heavy atom. The first-order valence-corrected chi connectivity index (χ1v) is 6.65. The second-order valence-corrected chi connectivity index (χ2v) is 4.94. The van der Waals surface area contributed by atoms with Crippen LogP contribution in [0.5, 0.6) is 0 Å². The van der Waals surface area contributed by atoms with E-state index >= 15 is 0 Å². The van der Waals surface area contributed by atoms with Crippen LogP contribution < -0.4 is 4.90 Å². The van der Waals surface area contributed by atoms with E-state index in [0.29, 0.717) is 11.1 Å². The molecule has 114 valence electrons. The fourth-order valence-corrected chi connectivity index (χ4v) is 1.84. The van der Waals surface area contributed by atoms with Crippen LogP contribution in [0.3, 0.4) is 0 Å². The molecule has 0 radical (unpaired) electrons. The van der Waals surface area contributed by atoms with Gasteiger partial charge in [0.1, 0.15) is 6.61 Å². The molecular formula is C16H16N2O4. The summed E-state index contributed by atoms with van der Waals surface area (Å²) in [5.74, 6) is -0.427. The maximum atomic E-state index is 11.9. The molecule has 22 heavy (non-hydrogen) atoms. The molecule has 0 saturated heterocycles. The molecule has 2 aromatic carbocycles. The average molecular weight is 300 g/mol. The second kappa shape index (κ2) is 6.71. The van der Waals surface area contributed by atoms with E-state index in [1.807, 2.05) is 31.1 Å². The van der Waals surface area contributed by atoms with Gasteiger partial charge in [0.25, 0.3) is 5.69 Å². The summed E-state index contributed by atoms with van der Waals surface area (Å²) >= 11 is 0. The smallest absolute Gasteiger partial charge is 0.338 e. The summed E-state index contributed by atoms with van der Waals surface area (Å²) in [6.07, 6.45) is 0. The number of rotatable bonds is 5. The number of benzene rings is 2. The van der Waals surface area contributed by atoms with Crippen molar-refractivity contribution in [3.63, 3.8) is 0 Å². The van der Waals surface area contributed by atoms with Gasteiger partial charge in [-0.25, -0.2) is 4.79 Å². The largest absolute Gasteiger partial charge is 0.457 e. The van der Waals surface area contributed by atoms with E-state index in [2.05, 4.69) is 0 Å². The lowest BCUT2D eigenvalue weighted by atomic mass is 10.2. The van der Waals surface area contributed by atoms with E-state index in [1.165, 1.54) is 12.1 Å². The predicted octanol–water partition coefficient (Wildman–Crippen LogP) is 3.02. The number of anilines is 1. The molecule has 0 aliphatic heterocycles. The first kappa shape index (κ1) is 15.5. The van der Waals surface area contributed by atoms with Gasteiger partial charge in [0.15, 0.2) is 0 Å². The Morgan fingerprint density at radius 2 is 1.68 bits per heavy atom. The van der Waals surface area contributed by atoms with E-state index in [0.717, 1.165) is 5.69 Å². The minimum atomic E-state index is -0.470. The number of nitro groups is 1. The summed E-state index contributed by atoms with van der Waals surface area (Å²) < 4.78 is 5.19. The van der Waals surface area contributed by atoms with Gasteiger partial charge >= 0.3 is 5.97 Å². The van der Waals surface area contributed by atoms with E-state index < -0.39 is 10.9 Å². The molecule has 0 aliphatic carbocycles. The highest BCUT2D eigenvalue weighted by Gasteiger charge is 2.09. The van der Waals surface area contributed by atoms with Crippen molar-refractivity contribution < 1.29 is 14.5 Å². The number of non-ortho nitro benzene ring substituents is 1. The Kier molecular flexibility index (Phi) is 4.73. The lowest BCUT2D eigenvalue weighted by Crippen LogP contribution is -2.09. The predicted molar refractivity (Wildman–Crippen MR) is 83.0 cm³/mol. The van der Waals surface area contributed by atoms with Gasteiger partial charge in [-0.1, -0.05) is 0 Å². The average Bonchev–Trinajstić information content (AvgIpc) is 2.53. The summed E-state index contributed by atoms with van der Waals surface area (Å²) in [4.78, 5) is 24.0. The second-order valence-electron chi connectivity index (χ2n) is 4.94. The molecular weight excluding hydrogens is 284 g/mol. The number of hydrogen-bond donors (Lipinski definition) is 0. The normalized spacial score (nSPS) is 10.1. The Labute approximate surface area is 128 Å². The van der Waals surface area contributed by atoms with Crippen LogP contribution in [0.25, 0.3) is 0 Å². The fourth-order valence-electron chi connectivity index (χ4n) is 1.84. The zero-order valence-electron chi connectivity index (χ0n) is 12.4. The molecule has 2 aromatic rings. The monoisotopic (exact) mass is 300 g/mol. The molecule has 0 heterocycles. The molecule has 2 rings (SSSR count). The van der Waals surface area contributed by atoms with Crippen molar-refractivity contribution in [2.75, 3.05) is 19.0 Å². The van der Waals surface area contributed by atoms with Crippen LogP contribution in [0.1, 0.15) is 15.9 Å². The Hall–Kier alpha value is -2.89. The number of carbonyl (C=O) groups excluding carboxylic acids is 1. The van der Waals surface area contributed by atoms with Gasteiger partial charge in [0.05, 0.1) is 10.5 Å². The molecule has 0 aromatic heterocycles. The summed E-state index contributed by atoms with van der Waals surface area (Å²) in [6.45, 7) is 0.0757. The zero-order valence-corrected chi connectivity index (χ0v) is 12.4. The van der Waals surface area contributed by atoms with E-state index in [4.69, 9.17) is 4.74 Å². The van der Waals surface area contributed by atoms with E-state index in [-0.39, 0.29) is 12.3 Å². The molecule has 0 bridgehead atoms. The standard InChI is InChI=1S/C16H16N2O4/c1-17(2)14-9-5-13(6-10-14)16(19)22-11-12-3-7-15(8-4-12)18(20)21/h3-10H,11H2,1-2H3. The Morgan fingerprint density at radius 3 is 2.18 bits per heavy atom. The first-order chi connectivity index (χ1) is 10.5. The lowest BCUT2D eigenvalue weighted by Gasteiger charge is -2.12. The highest BCUT2D eigenvalue weighted by atomic mass is 16.6. The van der Waals surface area contributed by atoms with Gasteiger partial charge < -0.3 is 9.64 Å². The van der Waals surface area contributed by atoms with E-state index in [1.54, 1.807) is 24.3 Å². The molecule has 0 unspecified atom stereocenters. The van der Waals surface area contributed by atoms with Crippen molar-refractivity contribution in [3.05, 3.63) is 69.8 Å². The minimum Gasteiger partial charge on any atom is -0.457 e. The molecule has 6 nitrogen and oxygen atoms in total. The molecule has 6 heteroatoms. The van der Waals surface area contributed by atoms with Crippen molar-refractivity contribution >= 4 is 17.3 Å². The van der Waals surface area contributed by atoms with Gasteiger partial charge in [-0.3, -0.25) is 10.1 Å². The Bertz CT molecular complexity index is 664. The van der Waals surface area contributed by atoms with Crippen molar-refractivity contribution in [3.8, 4) is 0 Å². The topological polar surface area (TPSA) is 72.7 Å². The van der Waals surface area contributed by atoms with Crippen molar-refractivity contribution in [2.45, 2.75) is 6.61 Å². The number of nitro benzene ring substituents is 1. The van der Waals surface area contributed by atoms with Crippen molar-refractivity contribution in [1.82, 2.24) is 0 Å². The molecule has 0 N–H and O–H groups in total. The third-order valence-electron chi connectivity index (χ3n) is 3.14. The third kappa shape index (κ3) is 3.82. The molecule has 0 fully saturated rings. The first-order valence-electron chi connectivity index (χ1n) is 6.65. The maximum Gasteiger partial charge on any atom is 0.338 e. The fraction of sp³-hybridized carbons (Fsp3) is 0.188.